The number of nitrogens with one attached hydrogen (secondary N) is 1. The number of aromatic nitrogens is 2. The number of likely N-dealkylation sites (N-methyl/N-ethyl adjacent to an activating group) is 1. The third-order valence-corrected chi connectivity index (χ3v) is 5.47. The summed E-state index contributed by atoms with van der Waals surface area (Å²) in [6.45, 7) is 7.47. The second-order valence-corrected chi connectivity index (χ2v) is 7.85. The van der Waals surface area contributed by atoms with Crippen molar-refractivity contribution in [1.29, 1.82) is 0 Å². The maximum absolute atomic E-state index is 13.3. The van der Waals surface area contributed by atoms with E-state index in [0.29, 0.717) is 31.0 Å². The van der Waals surface area contributed by atoms with Crippen LogP contribution < -0.4 is 0 Å². The van der Waals surface area contributed by atoms with Crippen molar-refractivity contribution in [3.05, 3.63) is 41.7 Å². The zero-order valence-electron chi connectivity index (χ0n) is 17.2. The first-order valence-corrected chi connectivity index (χ1v) is 10.1. The third kappa shape index (κ3) is 3.96. The van der Waals surface area contributed by atoms with E-state index in [0.717, 1.165) is 29.7 Å². The Labute approximate surface area is 166 Å². The van der Waals surface area contributed by atoms with Crippen LogP contribution >= 0.6 is 0 Å². The first kappa shape index (κ1) is 20.1. The maximum atomic E-state index is 13.3. The van der Waals surface area contributed by atoms with E-state index in [2.05, 4.69) is 31.0 Å². The van der Waals surface area contributed by atoms with Crippen LogP contribution in [-0.2, 0) is 4.79 Å². The van der Waals surface area contributed by atoms with Crippen molar-refractivity contribution >= 4 is 11.8 Å². The molecule has 0 aliphatic carbocycles. The summed E-state index contributed by atoms with van der Waals surface area (Å²) in [6, 6.07) is 7.28. The monoisotopic (exact) mass is 382 g/mol. The lowest BCUT2D eigenvalue weighted by Gasteiger charge is -2.39. The molecule has 1 saturated heterocycles. The topological polar surface area (TPSA) is 69.3 Å². The maximum Gasteiger partial charge on any atom is 0.254 e. The van der Waals surface area contributed by atoms with Crippen molar-refractivity contribution in [2.24, 2.45) is 0 Å². The van der Waals surface area contributed by atoms with Crippen molar-refractivity contribution in [3.8, 4) is 11.1 Å². The molecule has 0 bridgehead atoms. The van der Waals surface area contributed by atoms with Crippen molar-refractivity contribution in [1.82, 2.24) is 20.0 Å². The number of aromatic amines is 1. The first-order valence-electron chi connectivity index (χ1n) is 10.1. The van der Waals surface area contributed by atoms with E-state index in [1.165, 1.54) is 0 Å². The van der Waals surface area contributed by atoms with Gasteiger partial charge in [-0.3, -0.25) is 14.7 Å². The number of rotatable bonds is 6. The molecule has 3 rings (SSSR count). The van der Waals surface area contributed by atoms with Crippen LogP contribution in [0, 0.1) is 0 Å². The lowest BCUT2D eigenvalue weighted by molar-refractivity contribution is -0.138. The molecule has 6 heteroatoms. The fraction of sp³-hybridized carbons (Fsp3) is 0.500. The summed E-state index contributed by atoms with van der Waals surface area (Å²) in [7, 11) is 1.82. The van der Waals surface area contributed by atoms with Gasteiger partial charge in [0, 0.05) is 37.0 Å². The molecule has 150 valence electrons. The Morgan fingerprint density at radius 2 is 2.11 bits per heavy atom. The molecule has 1 atom stereocenters. The Kier molecular flexibility index (Phi) is 6.17. The molecule has 0 spiro atoms. The van der Waals surface area contributed by atoms with Crippen LogP contribution in [0.3, 0.4) is 0 Å². The van der Waals surface area contributed by atoms with Gasteiger partial charge in [-0.15, -0.1) is 0 Å². The standard InChI is InChI=1S/C22H30N4O2/c1-5-6-10-19-22(28)25(4)11-12-26(19)21(27)17-9-7-8-16(13-17)18-14-23-24-20(18)15(2)3/h7-9,13-15,19H,5-6,10-12H2,1-4H3,(H,23,24)/t19-/m1/s1. The van der Waals surface area contributed by atoms with Crippen molar-refractivity contribution in [2.45, 2.75) is 52.0 Å². The highest BCUT2D eigenvalue weighted by Crippen LogP contribution is 2.28. The normalized spacial score (nSPS) is 17.5. The largest absolute Gasteiger partial charge is 0.342 e. The molecule has 28 heavy (non-hydrogen) atoms. The molecular weight excluding hydrogens is 352 g/mol. The van der Waals surface area contributed by atoms with Gasteiger partial charge in [0.2, 0.25) is 5.91 Å². The number of piperazine rings is 1. The molecule has 2 amide bonds. The van der Waals surface area contributed by atoms with Gasteiger partial charge in [-0.05, 0) is 30.0 Å². The Morgan fingerprint density at radius 1 is 1.32 bits per heavy atom. The number of benzene rings is 1. The minimum Gasteiger partial charge on any atom is -0.342 e. The highest BCUT2D eigenvalue weighted by molar-refractivity contribution is 5.99. The molecule has 1 aromatic heterocycles. The molecule has 0 radical (unpaired) electrons. The predicted octanol–water partition coefficient (Wildman–Crippen LogP) is 3.67. The van der Waals surface area contributed by atoms with Crippen LogP contribution in [0.4, 0.5) is 0 Å². The van der Waals surface area contributed by atoms with Crippen molar-refractivity contribution in [2.75, 3.05) is 20.1 Å². The van der Waals surface area contributed by atoms with E-state index in [9.17, 15) is 9.59 Å². The van der Waals surface area contributed by atoms with Crippen LogP contribution in [0.2, 0.25) is 0 Å². The van der Waals surface area contributed by atoms with Gasteiger partial charge in [-0.1, -0.05) is 45.7 Å². The molecule has 2 aromatic rings. The van der Waals surface area contributed by atoms with E-state index in [-0.39, 0.29) is 17.9 Å². The average molecular weight is 383 g/mol. The average Bonchev–Trinajstić information content (AvgIpc) is 3.19. The molecule has 6 nitrogen and oxygen atoms in total. The van der Waals surface area contributed by atoms with E-state index >= 15 is 0 Å². The van der Waals surface area contributed by atoms with Gasteiger partial charge in [-0.25, -0.2) is 0 Å². The lowest BCUT2D eigenvalue weighted by atomic mass is 9.97. The molecule has 1 fully saturated rings. The van der Waals surface area contributed by atoms with Gasteiger partial charge in [0.05, 0.1) is 6.20 Å². The van der Waals surface area contributed by atoms with E-state index in [1.54, 1.807) is 9.80 Å². The summed E-state index contributed by atoms with van der Waals surface area (Å²) in [5, 5.41) is 7.24. The van der Waals surface area contributed by atoms with E-state index < -0.39 is 0 Å². The Balaban J connectivity index is 1.89. The number of H-pyrrole nitrogens is 1. The Hall–Kier alpha value is -2.63. The highest BCUT2D eigenvalue weighted by Gasteiger charge is 2.35. The Morgan fingerprint density at radius 3 is 2.82 bits per heavy atom. The molecule has 0 saturated carbocycles. The summed E-state index contributed by atoms with van der Waals surface area (Å²) < 4.78 is 0. The molecule has 2 heterocycles. The second-order valence-electron chi connectivity index (χ2n) is 7.85. The second kappa shape index (κ2) is 8.59. The molecular formula is C22H30N4O2. The van der Waals surface area contributed by atoms with Crippen molar-refractivity contribution < 1.29 is 9.59 Å². The minimum absolute atomic E-state index is 0.0427. The van der Waals surface area contributed by atoms with E-state index in [1.807, 2.05) is 37.5 Å². The van der Waals surface area contributed by atoms with Gasteiger partial charge in [0.15, 0.2) is 0 Å². The molecule has 1 aliphatic rings. The molecule has 1 aliphatic heterocycles. The number of carbonyl (C=O) groups is 2. The smallest absolute Gasteiger partial charge is 0.254 e. The molecule has 1 N–H and O–H groups in total. The molecule has 0 unspecified atom stereocenters. The van der Waals surface area contributed by atoms with E-state index in [4.69, 9.17) is 0 Å². The summed E-state index contributed by atoms with van der Waals surface area (Å²) in [6.07, 6.45) is 4.46. The Bertz CT molecular complexity index is 843. The van der Waals surface area contributed by atoms with Gasteiger partial charge in [0.1, 0.15) is 6.04 Å². The fourth-order valence-corrected chi connectivity index (χ4v) is 3.78. The quantitative estimate of drug-likeness (QED) is 0.829. The highest BCUT2D eigenvalue weighted by atomic mass is 16.2. The number of hydrogen-bond acceptors (Lipinski definition) is 3. The van der Waals surface area contributed by atoms with Gasteiger partial charge < -0.3 is 9.80 Å². The number of carbonyl (C=O) groups excluding carboxylic acids is 2. The summed E-state index contributed by atoms with van der Waals surface area (Å²) in [4.78, 5) is 29.5. The first-order chi connectivity index (χ1) is 13.4. The number of unbranched alkanes of at least 4 members (excludes halogenated alkanes) is 1. The third-order valence-electron chi connectivity index (χ3n) is 5.47. The summed E-state index contributed by atoms with van der Waals surface area (Å²) in [5.74, 6) is 0.283. The summed E-state index contributed by atoms with van der Waals surface area (Å²) in [5.41, 5.74) is 3.66. The van der Waals surface area contributed by atoms with Crippen LogP contribution in [0.15, 0.2) is 30.5 Å². The minimum atomic E-state index is -0.366. The van der Waals surface area contributed by atoms with Crippen LogP contribution in [0.1, 0.15) is 62.0 Å². The SMILES string of the molecule is CCCC[C@@H]1C(=O)N(C)CCN1C(=O)c1cccc(-c2cn[nH]c2C(C)C)c1. The number of hydrogen-bond donors (Lipinski definition) is 1. The lowest BCUT2D eigenvalue weighted by Crippen LogP contribution is -2.57. The van der Waals surface area contributed by atoms with Crippen LogP contribution in [0.5, 0.6) is 0 Å². The number of amides is 2. The van der Waals surface area contributed by atoms with Gasteiger partial charge in [-0.2, -0.15) is 5.10 Å². The summed E-state index contributed by atoms with van der Waals surface area (Å²) >= 11 is 0. The van der Waals surface area contributed by atoms with Crippen LogP contribution in [-0.4, -0.2) is 58.0 Å². The zero-order chi connectivity index (χ0) is 20.3. The van der Waals surface area contributed by atoms with Gasteiger partial charge >= 0.3 is 0 Å². The van der Waals surface area contributed by atoms with Gasteiger partial charge in [0.25, 0.3) is 5.91 Å². The fourth-order valence-electron chi connectivity index (χ4n) is 3.78. The zero-order valence-corrected chi connectivity index (χ0v) is 17.2. The van der Waals surface area contributed by atoms with Crippen LogP contribution in [0.25, 0.3) is 11.1 Å². The molecule has 1 aromatic carbocycles. The predicted molar refractivity (Wildman–Crippen MR) is 110 cm³/mol. The van der Waals surface area contributed by atoms with Crippen molar-refractivity contribution in [3.63, 3.8) is 0 Å². The number of nitrogens with zero attached hydrogens (tertiary/aromatic N) is 3.